The van der Waals surface area contributed by atoms with E-state index in [9.17, 15) is 0 Å². The Labute approximate surface area is 123 Å². The molecule has 1 fully saturated rings. The first-order chi connectivity index (χ1) is 9.67. The first-order valence-corrected chi connectivity index (χ1v) is 8.07. The number of hydrogen-bond donors (Lipinski definition) is 1. The molecule has 0 amide bonds. The predicted octanol–water partition coefficient (Wildman–Crippen LogP) is 4.32. The molecule has 1 saturated carbocycles. The average molecular weight is 275 g/mol. The number of methoxy groups -OCH3 is 1. The molecule has 0 saturated heterocycles. The molecule has 0 spiro atoms. The maximum atomic E-state index is 6.72. The van der Waals surface area contributed by atoms with Crippen molar-refractivity contribution in [2.75, 3.05) is 7.11 Å². The van der Waals surface area contributed by atoms with E-state index in [2.05, 4.69) is 19.1 Å². The van der Waals surface area contributed by atoms with E-state index >= 15 is 0 Å². The van der Waals surface area contributed by atoms with Gasteiger partial charge < -0.3 is 10.5 Å². The minimum atomic E-state index is -0.0445. The van der Waals surface area contributed by atoms with Gasteiger partial charge in [-0.3, -0.25) is 0 Å². The van der Waals surface area contributed by atoms with Crippen molar-refractivity contribution < 1.29 is 4.74 Å². The molecule has 0 bridgehead atoms. The van der Waals surface area contributed by atoms with Gasteiger partial charge in [0.2, 0.25) is 0 Å². The Morgan fingerprint density at radius 1 is 1.25 bits per heavy atom. The van der Waals surface area contributed by atoms with Crippen molar-refractivity contribution in [2.45, 2.75) is 63.8 Å². The molecular weight excluding hydrogens is 246 g/mol. The second kappa shape index (κ2) is 7.12. The van der Waals surface area contributed by atoms with Crippen LogP contribution in [0, 0.1) is 5.92 Å². The third kappa shape index (κ3) is 3.99. The van der Waals surface area contributed by atoms with Gasteiger partial charge in [0.1, 0.15) is 5.75 Å². The molecule has 112 valence electrons. The van der Waals surface area contributed by atoms with Gasteiger partial charge in [0.05, 0.1) is 7.11 Å². The molecule has 2 unspecified atom stereocenters. The molecule has 1 aliphatic rings. The number of hydrogen-bond acceptors (Lipinski definition) is 2. The van der Waals surface area contributed by atoms with Crippen LogP contribution in [0.3, 0.4) is 0 Å². The summed E-state index contributed by atoms with van der Waals surface area (Å²) in [5.74, 6) is 1.87. The summed E-state index contributed by atoms with van der Waals surface area (Å²) in [6, 6.07) is 8.30. The van der Waals surface area contributed by atoms with Gasteiger partial charge in [-0.15, -0.1) is 0 Å². The van der Waals surface area contributed by atoms with Crippen LogP contribution in [-0.4, -0.2) is 12.6 Å². The van der Waals surface area contributed by atoms with Crippen LogP contribution in [0.25, 0.3) is 0 Å². The van der Waals surface area contributed by atoms with E-state index in [4.69, 9.17) is 10.5 Å². The predicted molar refractivity (Wildman–Crippen MR) is 85.1 cm³/mol. The minimum Gasteiger partial charge on any atom is -0.496 e. The zero-order valence-corrected chi connectivity index (χ0v) is 13.0. The van der Waals surface area contributed by atoms with E-state index in [0.29, 0.717) is 0 Å². The SMILES string of the molecule is CCCC1CCCC(N)(Cc2ccccc2OC)CC1. The van der Waals surface area contributed by atoms with Crippen LogP contribution < -0.4 is 10.5 Å². The fraction of sp³-hybridized carbons (Fsp3) is 0.667. The van der Waals surface area contributed by atoms with Crippen molar-refractivity contribution in [1.29, 1.82) is 0 Å². The zero-order valence-electron chi connectivity index (χ0n) is 13.0. The smallest absolute Gasteiger partial charge is 0.122 e. The molecule has 20 heavy (non-hydrogen) atoms. The number of rotatable bonds is 5. The Morgan fingerprint density at radius 3 is 2.80 bits per heavy atom. The molecule has 1 aromatic carbocycles. The molecule has 1 aliphatic carbocycles. The summed E-state index contributed by atoms with van der Waals surface area (Å²) in [5.41, 5.74) is 7.93. The molecule has 1 aromatic rings. The van der Waals surface area contributed by atoms with Gasteiger partial charge in [-0.25, -0.2) is 0 Å². The molecular formula is C18H29NO. The van der Waals surface area contributed by atoms with Gasteiger partial charge in [0.25, 0.3) is 0 Å². The van der Waals surface area contributed by atoms with Crippen LogP contribution in [0.2, 0.25) is 0 Å². The van der Waals surface area contributed by atoms with E-state index in [0.717, 1.165) is 30.9 Å². The fourth-order valence-corrected chi connectivity index (χ4v) is 3.61. The first kappa shape index (κ1) is 15.4. The van der Waals surface area contributed by atoms with E-state index < -0.39 is 0 Å². The summed E-state index contributed by atoms with van der Waals surface area (Å²) in [4.78, 5) is 0. The lowest BCUT2D eigenvalue weighted by Gasteiger charge is -2.29. The second-order valence-corrected chi connectivity index (χ2v) is 6.44. The lowest BCUT2D eigenvalue weighted by molar-refractivity contribution is 0.346. The topological polar surface area (TPSA) is 35.2 Å². The highest BCUT2D eigenvalue weighted by Gasteiger charge is 2.30. The van der Waals surface area contributed by atoms with Crippen LogP contribution in [0.4, 0.5) is 0 Å². The zero-order chi connectivity index (χ0) is 14.4. The first-order valence-electron chi connectivity index (χ1n) is 8.07. The lowest BCUT2D eigenvalue weighted by atomic mass is 9.84. The normalized spacial score (nSPS) is 27.1. The van der Waals surface area contributed by atoms with Crippen molar-refractivity contribution in [3.8, 4) is 5.75 Å². The Kier molecular flexibility index (Phi) is 5.47. The molecule has 0 aromatic heterocycles. The quantitative estimate of drug-likeness (QED) is 0.812. The third-order valence-electron chi connectivity index (χ3n) is 4.77. The highest BCUT2D eigenvalue weighted by Crippen LogP contribution is 2.34. The average Bonchev–Trinajstić information content (AvgIpc) is 2.62. The molecule has 0 heterocycles. The summed E-state index contributed by atoms with van der Waals surface area (Å²) in [6.45, 7) is 2.29. The van der Waals surface area contributed by atoms with Crippen LogP contribution >= 0.6 is 0 Å². The fourth-order valence-electron chi connectivity index (χ4n) is 3.61. The molecule has 2 atom stereocenters. The van der Waals surface area contributed by atoms with Crippen LogP contribution in [0.5, 0.6) is 5.75 Å². The summed E-state index contributed by atoms with van der Waals surface area (Å²) >= 11 is 0. The number of benzene rings is 1. The number of para-hydroxylation sites is 1. The van der Waals surface area contributed by atoms with Crippen LogP contribution in [0.15, 0.2) is 24.3 Å². The van der Waals surface area contributed by atoms with Gasteiger partial charge >= 0.3 is 0 Å². The summed E-state index contributed by atoms with van der Waals surface area (Å²) in [5, 5.41) is 0. The highest BCUT2D eigenvalue weighted by molar-refractivity contribution is 5.34. The number of ether oxygens (including phenoxy) is 1. The summed E-state index contributed by atoms with van der Waals surface area (Å²) in [7, 11) is 1.74. The molecule has 2 N–H and O–H groups in total. The lowest BCUT2D eigenvalue weighted by Crippen LogP contribution is -2.41. The Balaban J connectivity index is 2.03. The molecule has 2 heteroatoms. The second-order valence-electron chi connectivity index (χ2n) is 6.44. The highest BCUT2D eigenvalue weighted by atomic mass is 16.5. The Hall–Kier alpha value is -1.02. The minimum absolute atomic E-state index is 0.0445. The van der Waals surface area contributed by atoms with Crippen molar-refractivity contribution in [1.82, 2.24) is 0 Å². The standard InChI is InChI=1S/C18H29NO/c1-3-7-15-8-6-12-18(19,13-11-15)14-16-9-4-5-10-17(16)20-2/h4-5,9-10,15H,3,6-8,11-14,19H2,1-2H3. The Morgan fingerprint density at radius 2 is 2.05 bits per heavy atom. The maximum absolute atomic E-state index is 6.72. The van der Waals surface area contributed by atoms with Crippen LogP contribution in [-0.2, 0) is 6.42 Å². The van der Waals surface area contributed by atoms with E-state index in [1.54, 1.807) is 7.11 Å². The summed E-state index contributed by atoms with van der Waals surface area (Å²) < 4.78 is 5.47. The third-order valence-corrected chi connectivity index (χ3v) is 4.77. The summed E-state index contributed by atoms with van der Waals surface area (Å²) in [6.07, 6.45) is 9.82. The largest absolute Gasteiger partial charge is 0.496 e. The van der Waals surface area contributed by atoms with Crippen LogP contribution in [0.1, 0.15) is 57.4 Å². The van der Waals surface area contributed by atoms with Crippen molar-refractivity contribution in [2.24, 2.45) is 11.7 Å². The van der Waals surface area contributed by atoms with E-state index in [1.807, 2.05) is 12.1 Å². The van der Waals surface area contributed by atoms with Crippen molar-refractivity contribution >= 4 is 0 Å². The van der Waals surface area contributed by atoms with Crippen molar-refractivity contribution in [3.05, 3.63) is 29.8 Å². The van der Waals surface area contributed by atoms with Gasteiger partial charge in [0.15, 0.2) is 0 Å². The van der Waals surface area contributed by atoms with Gasteiger partial charge in [-0.05, 0) is 43.2 Å². The van der Waals surface area contributed by atoms with Gasteiger partial charge in [-0.2, -0.15) is 0 Å². The van der Waals surface area contributed by atoms with Gasteiger partial charge in [-0.1, -0.05) is 50.8 Å². The van der Waals surface area contributed by atoms with Gasteiger partial charge in [0, 0.05) is 5.54 Å². The van der Waals surface area contributed by atoms with Crippen molar-refractivity contribution in [3.63, 3.8) is 0 Å². The molecule has 0 radical (unpaired) electrons. The van der Waals surface area contributed by atoms with E-state index in [-0.39, 0.29) is 5.54 Å². The maximum Gasteiger partial charge on any atom is 0.122 e. The Bertz CT molecular complexity index is 418. The number of nitrogens with two attached hydrogens (primary N) is 1. The molecule has 2 nitrogen and oxygen atoms in total. The molecule has 2 rings (SSSR count). The molecule has 0 aliphatic heterocycles. The van der Waals surface area contributed by atoms with E-state index in [1.165, 1.54) is 37.7 Å². The monoisotopic (exact) mass is 275 g/mol.